The maximum absolute atomic E-state index is 10.9. The van der Waals surface area contributed by atoms with E-state index in [0.717, 1.165) is 0 Å². The average molecular weight is 888 g/mol. The first-order valence-electron chi connectivity index (χ1n) is 14.6. The van der Waals surface area contributed by atoms with E-state index >= 15 is 0 Å². The fourth-order valence-corrected chi connectivity index (χ4v) is 3.62. The molecule has 0 fully saturated rings. The molecule has 0 aliphatic carbocycles. The largest absolute Gasteiger partial charge is 0.462 e. The van der Waals surface area contributed by atoms with Crippen molar-refractivity contribution in [1.82, 2.24) is 15.0 Å². The van der Waals surface area contributed by atoms with Gasteiger partial charge in [-0.05, 0) is 0 Å². The van der Waals surface area contributed by atoms with Crippen molar-refractivity contribution in [3.8, 4) is 18.0 Å². The summed E-state index contributed by atoms with van der Waals surface area (Å²) in [5.41, 5.74) is -7.23. The van der Waals surface area contributed by atoms with Crippen LogP contribution in [0.4, 0.5) is 0 Å². The standard InChI is InChI=1S/C18H24N12O30/c31-22(32)52-4-16(5-53-23(33)34,6-54-24(35)36)1-49-13-19-14(50-2-17(7-55-25(37)38,8-56-26(39)40)9-57-27(41)42)21-15(20-13)51-3-18(10-58-28(43)44,11-59-29(45)46)12-60-30(47)48/h1-12H2. The highest BCUT2D eigenvalue weighted by Crippen LogP contribution is 2.27. The Balaban J connectivity index is 3.90. The molecule has 60 heavy (non-hydrogen) atoms. The van der Waals surface area contributed by atoms with E-state index in [1.165, 1.54) is 0 Å². The Bertz CT molecular complexity index is 1360. The van der Waals surface area contributed by atoms with Crippen LogP contribution in [0.3, 0.4) is 0 Å². The van der Waals surface area contributed by atoms with Crippen molar-refractivity contribution in [3.63, 3.8) is 0 Å². The van der Waals surface area contributed by atoms with Gasteiger partial charge in [-0.25, -0.2) is 0 Å². The Hall–Kier alpha value is -8.79. The van der Waals surface area contributed by atoms with Gasteiger partial charge in [0.2, 0.25) is 0 Å². The summed E-state index contributed by atoms with van der Waals surface area (Å²) in [5, 5.41) is 85.4. The van der Waals surface area contributed by atoms with Crippen molar-refractivity contribution < 1.29 is 104 Å². The topological polar surface area (TPSA) is 538 Å². The summed E-state index contributed by atoms with van der Waals surface area (Å²) in [5.74, 6) is 0. The first-order chi connectivity index (χ1) is 28.0. The predicted molar refractivity (Wildman–Crippen MR) is 160 cm³/mol. The smallest absolute Gasteiger partial charge is 0.325 e. The summed E-state index contributed by atoms with van der Waals surface area (Å²) in [6.45, 7) is -15.7. The summed E-state index contributed by atoms with van der Waals surface area (Å²) in [7, 11) is 0. The van der Waals surface area contributed by atoms with Crippen molar-refractivity contribution in [2.75, 3.05) is 79.3 Å². The van der Waals surface area contributed by atoms with E-state index in [2.05, 4.69) is 58.5 Å². The maximum Gasteiger partial charge on any atom is 0.325 e. The number of nitrogens with zero attached hydrogens (tertiary/aromatic N) is 12. The van der Waals surface area contributed by atoms with Gasteiger partial charge < -0.3 is 57.7 Å². The van der Waals surface area contributed by atoms with E-state index in [9.17, 15) is 91.0 Å². The number of hydrogen-bond donors (Lipinski definition) is 0. The van der Waals surface area contributed by atoms with Crippen LogP contribution < -0.4 is 14.2 Å². The number of ether oxygens (including phenoxy) is 3. The lowest BCUT2D eigenvalue weighted by Crippen LogP contribution is -2.45. The Morgan fingerprint density at radius 3 is 0.533 bits per heavy atom. The second-order valence-electron chi connectivity index (χ2n) is 11.0. The minimum absolute atomic E-state index is 1.16. The third-order valence-electron chi connectivity index (χ3n) is 6.38. The van der Waals surface area contributed by atoms with Gasteiger partial charge in [-0.3, -0.25) is 0 Å². The zero-order valence-electron chi connectivity index (χ0n) is 29.1. The van der Waals surface area contributed by atoms with E-state index < -0.39 is 159 Å². The lowest BCUT2D eigenvalue weighted by molar-refractivity contribution is -0.782. The Morgan fingerprint density at radius 1 is 0.283 bits per heavy atom. The molecule has 1 aromatic heterocycles. The molecular weight excluding hydrogens is 864 g/mol. The van der Waals surface area contributed by atoms with Gasteiger partial charge in [0.15, 0.2) is 0 Å². The molecule has 336 valence electrons. The van der Waals surface area contributed by atoms with Gasteiger partial charge >= 0.3 is 18.0 Å². The Labute approximate surface area is 323 Å². The van der Waals surface area contributed by atoms with Crippen LogP contribution in [0.1, 0.15) is 0 Å². The van der Waals surface area contributed by atoms with Gasteiger partial charge in [0.25, 0.3) is 45.8 Å². The minimum Gasteiger partial charge on any atom is -0.462 e. The maximum atomic E-state index is 10.9. The van der Waals surface area contributed by atoms with Gasteiger partial charge in [-0.1, -0.05) is 0 Å². The van der Waals surface area contributed by atoms with Crippen molar-refractivity contribution in [1.29, 1.82) is 0 Å². The van der Waals surface area contributed by atoms with E-state index in [0.29, 0.717) is 0 Å². The van der Waals surface area contributed by atoms with Crippen LogP contribution in [-0.2, 0) is 43.5 Å². The molecule has 0 amide bonds. The van der Waals surface area contributed by atoms with Crippen LogP contribution in [0.25, 0.3) is 0 Å². The third-order valence-corrected chi connectivity index (χ3v) is 6.38. The molecule has 42 nitrogen and oxygen atoms in total. The Kier molecular flexibility index (Phi) is 19.1. The number of aromatic nitrogens is 3. The SMILES string of the molecule is O=[N+]([O-])OCC(COc1nc(OCC(CO[N+](=O)[O-])(CO[N+](=O)[O-])CO[N+](=O)[O-])nc(OCC(CO[N+](=O)[O-])(CO[N+](=O)[O-])CO[N+](=O)[O-])n1)(CO[N+](=O)[O-])CO[N+](=O)[O-]. The minimum atomic E-state index is -2.41. The zero-order chi connectivity index (χ0) is 45.5. The molecule has 0 unspecified atom stereocenters. The van der Waals surface area contributed by atoms with E-state index in [1.54, 1.807) is 0 Å². The van der Waals surface area contributed by atoms with Gasteiger partial charge in [0.1, 0.15) is 79.3 Å². The summed E-state index contributed by atoms with van der Waals surface area (Å²) < 4.78 is 15.8. The molecule has 0 atom stereocenters. The molecule has 0 radical (unpaired) electrons. The van der Waals surface area contributed by atoms with Crippen LogP contribution in [0, 0.1) is 107 Å². The Morgan fingerprint density at radius 2 is 0.417 bits per heavy atom. The van der Waals surface area contributed by atoms with Gasteiger partial charge in [-0.2, -0.15) is 0 Å². The van der Waals surface area contributed by atoms with E-state index in [4.69, 9.17) is 14.2 Å². The van der Waals surface area contributed by atoms with Crippen LogP contribution >= 0.6 is 0 Å². The van der Waals surface area contributed by atoms with Crippen LogP contribution in [0.15, 0.2) is 0 Å². The molecule has 1 heterocycles. The molecule has 0 aliphatic rings. The predicted octanol–water partition coefficient (Wildman–Crippen LogP) is -3.16. The van der Waals surface area contributed by atoms with Crippen molar-refractivity contribution in [3.05, 3.63) is 91.0 Å². The number of hydrogen-bond acceptors (Lipinski definition) is 33. The molecule has 0 aliphatic heterocycles. The monoisotopic (exact) mass is 888 g/mol. The van der Waals surface area contributed by atoms with Crippen molar-refractivity contribution in [2.45, 2.75) is 0 Å². The summed E-state index contributed by atoms with van der Waals surface area (Å²) in [6, 6.07) is -3.48. The summed E-state index contributed by atoms with van der Waals surface area (Å²) in [6.07, 6.45) is 0. The summed E-state index contributed by atoms with van der Waals surface area (Å²) in [4.78, 5) is 147. The molecule has 0 saturated carbocycles. The molecule has 1 rings (SSSR count). The van der Waals surface area contributed by atoms with E-state index in [-0.39, 0.29) is 0 Å². The molecule has 0 N–H and O–H groups in total. The fourth-order valence-electron chi connectivity index (χ4n) is 3.62. The highest BCUT2D eigenvalue weighted by molar-refractivity contribution is 5.10. The van der Waals surface area contributed by atoms with Crippen LogP contribution in [-0.4, -0.2) is 140 Å². The fraction of sp³-hybridized carbons (Fsp3) is 0.833. The zero-order valence-corrected chi connectivity index (χ0v) is 29.1. The lowest BCUT2D eigenvalue weighted by Gasteiger charge is -2.31. The third kappa shape index (κ3) is 20.2. The quantitative estimate of drug-likeness (QED) is 0.0474. The molecule has 42 heteroatoms. The van der Waals surface area contributed by atoms with Crippen LogP contribution in [0.5, 0.6) is 18.0 Å². The second-order valence-corrected chi connectivity index (χ2v) is 11.0. The summed E-state index contributed by atoms with van der Waals surface area (Å²) >= 11 is 0. The average Bonchev–Trinajstić information content (AvgIpc) is 3.15. The van der Waals surface area contributed by atoms with Gasteiger partial charge in [0.05, 0.1) is 16.2 Å². The molecule has 0 saturated heterocycles. The van der Waals surface area contributed by atoms with Crippen LogP contribution in [0.2, 0.25) is 0 Å². The molecular formula is C18H24N12O30. The van der Waals surface area contributed by atoms with Crippen molar-refractivity contribution >= 4 is 0 Å². The number of rotatable bonds is 36. The molecule has 0 spiro atoms. The molecule has 0 bridgehead atoms. The second kappa shape index (κ2) is 23.3. The first-order valence-corrected chi connectivity index (χ1v) is 14.6. The van der Waals surface area contributed by atoms with Gasteiger partial charge in [-0.15, -0.1) is 106 Å². The molecule has 0 aromatic carbocycles. The highest BCUT2D eigenvalue weighted by atomic mass is 17.0. The first kappa shape index (κ1) is 49.2. The van der Waals surface area contributed by atoms with E-state index in [1.807, 2.05) is 0 Å². The normalized spacial score (nSPS) is 11.0. The van der Waals surface area contributed by atoms with Gasteiger partial charge in [0, 0.05) is 0 Å². The van der Waals surface area contributed by atoms with Crippen molar-refractivity contribution in [2.24, 2.45) is 16.2 Å². The highest BCUT2D eigenvalue weighted by Gasteiger charge is 2.40. The lowest BCUT2D eigenvalue weighted by atomic mass is 9.92. The molecule has 1 aromatic rings.